The van der Waals surface area contributed by atoms with E-state index < -0.39 is 0 Å². The normalized spacial score (nSPS) is 15.6. The van der Waals surface area contributed by atoms with Crippen molar-refractivity contribution in [1.82, 2.24) is 15.3 Å². The predicted molar refractivity (Wildman–Crippen MR) is 128 cm³/mol. The largest absolute Gasteiger partial charge is 0.385 e. The molecule has 1 aliphatic rings. The molecule has 4 rings (SSSR count). The highest BCUT2D eigenvalue weighted by molar-refractivity contribution is 7.20. The molecular formula is C24H30N4O3S. The molecule has 0 atom stereocenters. The third kappa shape index (κ3) is 4.77. The van der Waals surface area contributed by atoms with Gasteiger partial charge in [0.15, 0.2) is 0 Å². The summed E-state index contributed by atoms with van der Waals surface area (Å²) in [7, 11) is 1.66. The second-order valence-electron chi connectivity index (χ2n) is 8.17. The fourth-order valence-corrected chi connectivity index (χ4v) is 5.36. The first-order valence-corrected chi connectivity index (χ1v) is 11.8. The number of thiophene rings is 1. The van der Waals surface area contributed by atoms with Crippen molar-refractivity contribution in [2.75, 3.05) is 45.3 Å². The third-order valence-corrected chi connectivity index (χ3v) is 7.37. The van der Waals surface area contributed by atoms with Crippen LogP contribution in [-0.2, 0) is 14.9 Å². The Hall–Kier alpha value is -2.55. The lowest BCUT2D eigenvalue weighted by Crippen LogP contribution is -2.40. The fourth-order valence-electron chi connectivity index (χ4n) is 4.30. The summed E-state index contributed by atoms with van der Waals surface area (Å²) in [6.45, 7) is 5.43. The Morgan fingerprint density at radius 3 is 2.75 bits per heavy atom. The van der Waals surface area contributed by atoms with Gasteiger partial charge in [0.1, 0.15) is 17.0 Å². The van der Waals surface area contributed by atoms with Crippen molar-refractivity contribution in [2.24, 2.45) is 0 Å². The molecule has 32 heavy (non-hydrogen) atoms. The van der Waals surface area contributed by atoms with Crippen LogP contribution in [0.4, 0.5) is 5.82 Å². The summed E-state index contributed by atoms with van der Waals surface area (Å²) in [6, 6.07) is 10.6. The van der Waals surface area contributed by atoms with E-state index in [4.69, 9.17) is 9.47 Å². The topological polar surface area (TPSA) is 85.4 Å². The quantitative estimate of drug-likeness (QED) is 0.477. The molecule has 3 aromatic rings. The summed E-state index contributed by atoms with van der Waals surface area (Å²) >= 11 is 1.41. The summed E-state index contributed by atoms with van der Waals surface area (Å²) in [5.41, 5.74) is 2.22. The van der Waals surface area contributed by atoms with Crippen LogP contribution in [0.2, 0.25) is 0 Å². The van der Waals surface area contributed by atoms with Gasteiger partial charge in [-0.05, 0) is 37.3 Å². The van der Waals surface area contributed by atoms with Gasteiger partial charge in [-0.15, -0.1) is 11.3 Å². The Morgan fingerprint density at radius 2 is 2.00 bits per heavy atom. The second kappa shape index (κ2) is 10.4. The zero-order valence-corrected chi connectivity index (χ0v) is 19.5. The zero-order chi connectivity index (χ0) is 22.4. The molecule has 1 fully saturated rings. The monoisotopic (exact) mass is 454 g/mol. The average Bonchev–Trinajstić information content (AvgIpc) is 3.19. The van der Waals surface area contributed by atoms with E-state index in [-0.39, 0.29) is 11.3 Å². The second-order valence-corrected chi connectivity index (χ2v) is 9.17. The van der Waals surface area contributed by atoms with Crippen molar-refractivity contribution in [3.63, 3.8) is 0 Å². The Labute approximate surface area is 192 Å². The molecule has 0 spiro atoms. The summed E-state index contributed by atoms with van der Waals surface area (Å²) in [5.74, 6) is 0.710. The highest BCUT2D eigenvalue weighted by Gasteiger charge is 2.34. The van der Waals surface area contributed by atoms with Crippen LogP contribution in [-0.4, -0.2) is 55.9 Å². The predicted octanol–water partition coefficient (Wildman–Crippen LogP) is 3.93. The number of benzene rings is 1. The Kier molecular flexibility index (Phi) is 7.34. The number of amides is 1. The maximum Gasteiger partial charge on any atom is 0.261 e. The minimum atomic E-state index is -0.0715. The molecule has 3 heterocycles. The Morgan fingerprint density at radius 1 is 1.22 bits per heavy atom. The highest BCUT2D eigenvalue weighted by Crippen LogP contribution is 2.37. The molecule has 1 saturated heterocycles. The van der Waals surface area contributed by atoms with Gasteiger partial charge in [-0.1, -0.05) is 30.3 Å². The number of rotatable bonds is 9. The van der Waals surface area contributed by atoms with Crippen molar-refractivity contribution >= 4 is 33.3 Å². The number of aromatic nitrogens is 2. The smallest absolute Gasteiger partial charge is 0.261 e. The molecule has 8 heteroatoms. The number of fused-ring (bicyclic) bond motifs is 1. The molecule has 7 nitrogen and oxygen atoms in total. The lowest BCUT2D eigenvalue weighted by Gasteiger charge is -2.38. The van der Waals surface area contributed by atoms with Crippen LogP contribution in [0.25, 0.3) is 10.2 Å². The van der Waals surface area contributed by atoms with Crippen LogP contribution >= 0.6 is 11.3 Å². The highest BCUT2D eigenvalue weighted by atomic mass is 32.1. The van der Waals surface area contributed by atoms with Gasteiger partial charge in [0.2, 0.25) is 0 Å². The van der Waals surface area contributed by atoms with Crippen LogP contribution in [0, 0.1) is 6.92 Å². The van der Waals surface area contributed by atoms with E-state index in [1.165, 1.54) is 16.9 Å². The van der Waals surface area contributed by atoms with E-state index in [1.807, 2.05) is 6.92 Å². The molecule has 0 bridgehead atoms. The molecule has 0 aliphatic carbocycles. The standard InChI is InChI=1S/C24H30N4O3S/c1-17-19-21(26-15-24(9-13-31-14-10-24)18-7-4-3-5-8-18)27-16-28-23(19)32-20(17)22(29)25-11-6-12-30-2/h3-5,7-8,16H,6,9-15H2,1-2H3,(H,25,29)(H,26,27,28). The van der Waals surface area contributed by atoms with E-state index in [2.05, 4.69) is 50.9 Å². The number of nitrogens with one attached hydrogen (secondary N) is 2. The molecule has 0 saturated carbocycles. The molecule has 1 aliphatic heterocycles. The summed E-state index contributed by atoms with van der Waals surface area (Å²) in [6.07, 6.45) is 4.26. The Bertz CT molecular complexity index is 1050. The first-order chi connectivity index (χ1) is 15.6. The van der Waals surface area contributed by atoms with Gasteiger partial charge in [0, 0.05) is 45.4 Å². The molecule has 2 aromatic heterocycles. The first-order valence-electron chi connectivity index (χ1n) is 11.0. The molecule has 0 unspecified atom stereocenters. The zero-order valence-electron chi connectivity index (χ0n) is 18.6. The lowest BCUT2D eigenvalue weighted by molar-refractivity contribution is 0.0544. The van der Waals surface area contributed by atoms with Crippen LogP contribution in [0.5, 0.6) is 0 Å². The third-order valence-electron chi connectivity index (χ3n) is 6.17. The molecule has 1 aromatic carbocycles. The first kappa shape index (κ1) is 22.6. The number of anilines is 1. The van der Waals surface area contributed by atoms with Gasteiger partial charge in [0.05, 0.1) is 10.3 Å². The molecule has 2 N–H and O–H groups in total. The Balaban J connectivity index is 1.56. The summed E-state index contributed by atoms with van der Waals surface area (Å²) < 4.78 is 10.7. The lowest BCUT2D eigenvalue weighted by atomic mass is 9.74. The number of aryl methyl sites for hydroxylation is 1. The van der Waals surface area contributed by atoms with Crippen molar-refractivity contribution in [3.8, 4) is 0 Å². The van der Waals surface area contributed by atoms with Gasteiger partial charge in [0.25, 0.3) is 5.91 Å². The van der Waals surface area contributed by atoms with E-state index >= 15 is 0 Å². The van der Waals surface area contributed by atoms with Gasteiger partial charge in [-0.2, -0.15) is 0 Å². The van der Waals surface area contributed by atoms with E-state index in [1.54, 1.807) is 13.4 Å². The van der Waals surface area contributed by atoms with Crippen molar-refractivity contribution < 1.29 is 14.3 Å². The molecular weight excluding hydrogens is 424 g/mol. The van der Waals surface area contributed by atoms with Gasteiger partial charge < -0.3 is 20.1 Å². The SMILES string of the molecule is COCCCNC(=O)c1sc2ncnc(NCC3(c4ccccc4)CCOCC3)c2c1C. The van der Waals surface area contributed by atoms with E-state index in [0.717, 1.165) is 60.6 Å². The van der Waals surface area contributed by atoms with Crippen molar-refractivity contribution in [1.29, 1.82) is 0 Å². The number of hydrogen-bond acceptors (Lipinski definition) is 7. The number of ether oxygens (including phenoxy) is 2. The maximum atomic E-state index is 12.7. The number of methoxy groups -OCH3 is 1. The maximum absolute atomic E-state index is 12.7. The van der Waals surface area contributed by atoms with Crippen LogP contribution < -0.4 is 10.6 Å². The number of carbonyl (C=O) groups is 1. The van der Waals surface area contributed by atoms with Gasteiger partial charge in [-0.3, -0.25) is 4.79 Å². The van der Waals surface area contributed by atoms with Crippen LogP contribution in [0.3, 0.4) is 0 Å². The number of hydrogen-bond donors (Lipinski definition) is 2. The molecule has 1 amide bonds. The summed E-state index contributed by atoms with van der Waals surface area (Å²) in [4.78, 5) is 23.2. The average molecular weight is 455 g/mol. The fraction of sp³-hybridized carbons (Fsp3) is 0.458. The van der Waals surface area contributed by atoms with Crippen LogP contribution in [0.15, 0.2) is 36.7 Å². The van der Waals surface area contributed by atoms with Gasteiger partial charge in [-0.25, -0.2) is 9.97 Å². The van der Waals surface area contributed by atoms with Crippen molar-refractivity contribution in [2.45, 2.75) is 31.6 Å². The molecule has 170 valence electrons. The van der Waals surface area contributed by atoms with E-state index in [9.17, 15) is 4.79 Å². The summed E-state index contributed by atoms with van der Waals surface area (Å²) in [5, 5.41) is 7.50. The van der Waals surface area contributed by atoms with E-state index in [0.29, 0.717) is 18.0 Å². The number of carbonyl (C=O) groups excluding carboxylic acids is 1. The number of nitrogens with zero attached hydrogens (tertiary/aromatic N) is 2. The molecule has 0 radical (unpaired) electrons. The minimum Gasteiger partial charge on any atom is -0.385 e. The van der Waals surface area contributed by atoms with Crippen molar-refractivity contribution in [3.05, 3.63) is 52.7 Å². The van der Waals surface area contributed by atoms with Gasteiger partial charge >= 0.3 is 0 Å². The minimum absolute atomic E-state index is 0.0116. The van der Waals surface area contributed by atoms with Crippen LogP contribution in [0.1, 0.15) is 40.1 Å².